The van der Waals surface area contributed by atoms with Crippen LogP contribution in [0.3, 0.4) is 0 Å². The molecule has 0 amide bonds. The van der Waals surface area contributed by atoms with Crippen LogP contribution in [-0.4, -0.2) is 38.2 Å². The summed E-state index contributed by atoms with van der Waals surface area (Å²) < 4.78 is 5.43. The number of hydrogen-bond acceptors (Lipinski definition) is 3. The van der Waals surface area contributed by atoms with E-state index in [1.165, 1.54) is 0 Å². The number of nitrogens with zero attached hydrogens (tertiary/aromatic N) is 2. The van der Waals surface area contributed by atoms with E-state index in [2.05, 4.69) is 16.9 Å². The van der Waals surface area contributed by atoms with Gasteiger partial charge in [-0.2, -0.15) is 0 Å². The monoisotopic (exact) mass is 212 g/mol. The molecule has 0 aromatic rings. The molecule has 0 heterocycles. The lowest BCUT2D eigenvalue weighted by molar-refractivity contribution is 0.138. The maximum Gasteiger partial charge on any atom is 0.0661 e. The van der Waals surface area contributed by atoms with Gasteiger partial charge in [-0.1, -0.05) is 6.92 Å². The first-order valence-electron chi connectivity index (χ1n) is 5.81. The first-order chi connectivity index (χ1) is 7.27. The molecule has 15 heavy (non-hydrogen) atoms. The van der Waals surface area contributed by atoms with Crippen LogP contribution in [0, 0.1) is 0 Å². The molecular formula is C12H24N2O. The second-order valence-corrected chi connectivity index (χ2v) is 3.65. The molecule has 0 spiro atoms. The smallest absolute Gasteiger partial charge is 0.0661 e. The molecule has 0 saturated heterocycles. The molecule has 3 nitrogen and oxygen atoms in total. The maximum atomic E-state index is 5.43. The Morgan fingerprint density at radius 1 is 1.13 bits per heavy atom. The van der Waals surface area contributed by atoms with Crippen LogP contribution in [0.15, 0.2) is 9.98 Å². The highest BCUT2D eigenvalue weighted by molar-refractivity contribution is 5.78. The summed E-state index contributed by atoms with van der Waals surface area (Å²) in [5.41, 5.74) is 1.16. The average Bonchev–Trinajstić information content (AvgIpc) is 2.20. The van der Waals surface area contributed by atoms with E-state index in [1.54, 1.807) is 0 Å². The highest BCUT2D eigenvalue weighted by Crippen LogP contribution is 1.91. The predicted molar refractivity (Wildman–Crippen MR) is 67.4 cm³/mol. The Morgan fingerprint density at radius 2 is 1.93 bits per heavy atom. The Morgan fingerprint density at radius 3 is 2.60 bits per heavy atom. The Kier molecular flexibility index (Phi) is 10.8. The van der Waals surface area contributed by atoms with Gasteiger partial charge < -0.3 is 4.74 Å². The van der Waals surface area contributed by atoms with Gasteiger partial charge in [-0.05, 0) is 39.3 Å². The van der Waals surface area contributed by atoms with Crippen molar-refractivity contribution < 1.29 is 4.74 Å². The first kappa shape index (κ1) is 14.3. The Bertz CT molecular complexity index is 184. The van der Waals surface area contributed by atoms with Crippen LogP contribution in [0.2, 0.25) is 0 Å². The molecule has 0 aliphatic carbocycles. The molecule has 0 rings (SSSR count). The minimum absolute atomic E-state index is 0.743. The van der Waals surface area contributed by atoms with Crippen molar-refractivity contribution >= 4 is 11.9 Å². The molecule has 0 radical (unpaired) electrons. The topological polar surface area (TPSA) is 34.0 Å². The molecule has 0 saturated carbocycles. The van der Waals surface area contributed by atoms with Crippen molar-refractivity contribution in [2.75, 3.05) is 26.3 Å². The number of hydrogen-bond donors (Lipinski definition) is 0. The lowest BCUT2D eigenvalue weighted by atomic mass is 10.3. The van der Waals surface area contributed by atoms with E-state index in [0.29, 0.717) is 0 Å². The largest absolute Gasteiger partial charge is 0.380 e. The van der Waals surface area contributed by atoms with E-state index in [9.17, 15) is 0 Å². The van der Waals surface area contributed by atoms with E-state index >= 15 is 0 Å². The van der Waals surface area contributed by atoms with Gasteiger partial charge in [0.05, 0.1) is 13.2 Å². The second kappa shape index (κ2) is 11.4. The summed E-state index contributed by atoms with van der Waals surface area (Å²) in [7, 11) is 0. The van der Waals surface area contributed by atoms with Crippen molar-refractivity contribution in [2.24, 2.45) is 9.98 Å². The summed E-state index contributed by atoms with van der Waals surface area (Å²) in [5, 5.41) is 0. The highest BCUT2D eigenvalue weighted by atomic mass is 16.5. The van der Waals surface area contributed by atoms with Crippen molar-refractivity contribution in [3.8, 4) is 0 Å². The fourth-order valence-electron chi connectivity index (χ4n) is 1.06. The molecular weight excluding hydrogens is 188 g/mol. The first-order valence-corrected chi connectivity index (χ1v) is 5.81. The van der Waals surface area contributed by atoms with E-state index in [-0.39, 0.29) is 0 Å². The molecule has 0 aliphatic rings. The minimum Gasteiger partial charge on any atom is -0.380 e. The van der Waals surface area contributed by atoms with Gasteiger partial charge >= 0.3 is 0 Å². The maximum absolute atomic E-state index is 5.43. The van der Waals surface area contributed by atoms with Crippen LogP contribution in [0.25, 0.3) is 0 Å². The Balaban J connectivity index is 3.05. The highest BCUT2D eigenvalue weighted by Gasteiger charge is 1.88. The van der Waals surface area contributed by atoms with Crippen LogP contribution < -0.4 is 0 Å². The fraction of sp³-hybridized carbons (Fsp3) is 0.833. The van der Waals surface area contributed by atoms with Gasteiger partial charge in [0, 0.05) is 18.9 Å². The summed E-state index contributed by atoms with van der Waals surface area (Å²) in [6.07, 6.45) is 5.15. The number of unbranched alkanes of at least 4 members (excludes halogenated alkanes) is 1. The van der Waals surface area contributed by atoms with Crippen LogP contribution in [0.1, 0.15) is 40.0 Å². The van der Waals surface area contributed by atoms with Crippen molar-refractivity contribution in [2.45, 2.75) is 40.0 Å². The van der Waals surface area contributed by atoms with Gasteiger partial charge in [0.15, 0.2) is 0 Å². The van der Waals surface area contributed by atoms with Crippen LogP contribution in [0.4, 0.5) is 0 Å². The Hall–Kier alpha value is -0.700. The average molecular weight is 212 g/mol. The fourth-order valence-corrected chi connectivity index (χ4v) is 1.06. The van der Waals surface area contributed by atoms with Gasteiger partial charge in [-0.15, -0.1) is 0 Å². The van der Waals surface area contributed by atoms with E-state index in [0.717, 1.165) is 51.3 Å². The molecule has 3 heteroatoms. The van der Waals surface area contributed by atoms with Crippen LogP contribution in [-0.2, 0) is 4.74 Å². The third-order valence-electron chi connectivity index (χ3n) is 1.80. The summed E-state index contributed by atoms with van der Waals surface area (Å²) in [6.45, 7) is 9.44. The third kappa shape index (κ3) is 13.3. The number of rotatable bonds is 9. The quantitative estimate of drug-likeness (QED) is 0.427. The zero-order valence-electron chi connectivity index (χ0n) is 10.3. The van der Waals surface area contributed by atoms with Gasteiger partial charge in [0.2, 0.25) is 0 Å². The second-order valence-electron chi connectivity index (χ2n) is 3.65. The number of aliphatic imine (C=N–C) groups is 2. The van der Waals surface area contributed by atoms with Crippen molar-refractivity contribution in [3.05, 3.63) is 0 Å². The molecule has 0 fully saturated rings. The lowest BCUT2D eigenvalue weighted by Gasteiger charge is -2.01. The molecule has 0 aromatic carbocycles. The molecule has 0 unspecified atom stereocenters. The normalized spacial score (nSPS) is 10.9. The van der Waals surface area contributed by atoms with Gasteiger partial charge in [0.25, 0.3) is 0 Å². The van der Waals surface area contributed by atoms with Gasteiger partial charge in [-0.25, -0.2) is 0 Å². The van der Waals surface area contributed by atoms with Crippen LogP contribution >= 0.6 is 0 Å². The molecule has 88 valence electrons. The molecule has 0 bridgehead atoms. The third-order valence-corrected chi connectivity index (χ3v) is 1.80. The van der Waals surface area contributed by atoms with Gasteiger partial charge in [0.1, 0.15) is 0 Å². The minimum atomic E-state index is 0.743. The molecule has 0 aromatic heterocycles. The van der Waals surface area contributed by atoms with E-state index in [1.807, 2.05) is 20.1 Å². The van der Waals surface area contributed by atoms with Gasteiger partial charge in [-0.3, -0.25) is 9.98 Å². The zero-order chi connectivity index (χ0) is 11.4. The van der Waals surface area contributed by atoms with E-state index < -0.39 is 0 Å². The van der Waals surface area contributed by atoms with Crippen molar-refractivity contribution in [3.63, 3.8) is 0 Å². The summed E-state index contributed by atoms with van der Waals surface area (Å²) in [5.74, 6) is 0. The van der Waals surface area contributed by atoms with Crippen LogP contribution in [0.5, 0.6) is 0 Å². The summed E-state index contributed by atoms with van der Waals surface area (Å²) >= 11 is 0. The SMILES string of the molecule is CCC=NCCOCCCCN=C(C)C. The lowest BCUT2D eigenvalue weighted by Crippen LogP contribution is -2.01. The predicted octanol–water partition coefficient (Wildman–Crippen LogP) is 2.74. The zero-order valence-corrected chi connectivity index (χ0v) is 10.3. The van der Waals surface area contributed by atoms with E-state index in [4.69, 9.17) is 4.74 Å². The number of ether oxygens (including phenoxy) is 1. The Labute approximate surface area is 93.7 Å². The standard InChI is InChI=1S/C12H24N2O/c1-4-7-13-9-11-15-10-6-5-8-14-12(2)3/h7H,4-6,8-11H2,1-3H3. The molecule has 0 N–H and O–H groups in total. The summed E-state index contributed by atoms with van der Waals surface area (Å²) in [6, 6.07) is 0. The molecule has 0 atom stereocenters. The van der Waals surface area contributed by atoms with Crippen molar-refractivity contribution in [1.29, 1.82) is 0 Å². The summed E-state index contributed by atoms with van der Waals surface area (Å²) in [4.78, 5) is 8.50. The van der Waals surface area contributed by atoms with Crippen molar-refractivity contribution in [1.82, 2.24) is 0 Å². The molecule has 0 aliphatic heterocycles.